The fourth-order valence-electron chi connectivity index (χ4n) is 4.76. The number of aromatic hydroxyl groups is 1. The van der Waals surface area contributed by atoms with Crippen molar-refractivity contribution in [3.05, 3.63) is 58.4 Å². The number of ether oxygens (including phenoxy) is 3. The van der Waals surface area contributed by atoms with Crippen molar-refractivity contribution in [1.29, 1.82) is 0 Å². The number of benzene rings is 2. The Morgan fingerprint density at radius 1 is 0.872 bits per heavy atom. The normalized spacial score (nSPS) is 33.3. The van der Waals surface area contributed by atoms with E-state index >= 15 is 0 Å². The van der Waals surface area contributed by atoms with Gasteiger partial charge in [0.1, 0.15) is 72.2 Å². The van der Waals surface area contributed by atoms with Crippen LogP contribution in [0.3, 0.4) is 0 Å². The predicted molar refractivity (Wildman–Crippen MR) is 131 cm³/mol. The van der Waals surface area contributed by atoms with Crippen LogP contribution in [0.4, 0.5) is 0 Å². The minimum Gasteiger partial charge on any atom is -0.508 e. The van der Waals surface area contributed by atoms with Crippen LogP contribution < -0.4 is 10.2 Å². The first-order valence-electron chi connectivity index (χ1n) is 12.1. The molecule has 1 aromatic heterocycles. The molecule has 0 saturated carbocycles. The van der Waals surface area contributed by atoms with E-state index in [4.69, 9.17) is 18.6 Å². The van der Waals surface area contributed by atoms with Gasteiger partial charge in [0.15, 0.2) is 0 Å². The summed E-state index contributed by atoms with van der Waals surface area (Å²) < 4.78 is 22.7. The average Bonchev–Trinajstić information content (AvgIpc) is 2.93. The van der Waals surface area contributed by atoms with E-state index in [1.165, 1.54) is 36.4 Å². The second-order valence-corrected chi connectivity index (χ2v) is 9.50. The smallest absolute Gasteiger partial charge is 0.228 e. The van der Waals surface area contributed by atoms with Crippen molar-refractivity contribution in [3.8, 4) is 22.6 Å². The molecule has 0 unspecified atom stereocenters. The number of hydrogen-bond donors (Lipinski definition) is 8. The molecule has 0 amide bonds. The molecule has 2 saturated heterocycles. The Hall–Kier alpha value is -3.11. The van der Waals surface area contributed by atoms with E-state index < -0.39 is 67.2 Å². The molecule has 2 aliphatic heterocycles. The standard InChI is InChI=1S/C26H28O13/c27-7-16-20(32)21(33)22(34)25(38-16)17-15(39-26-23(35)19(31)14(29)9-37-26)6-5-12-18(30)13(8-36-24(12)17)10-1-3-11(28)4-2-10/h1-6,8,14,16,19-23,25-29,31-35H,7,9H2/t14-,16+,19+,20+,21-,22+,23+,25+,26-/m0/s1. The quantitative estimate of drug-likeness (QED) is 0.182. The van der Waals surface area contributed by atoms with Gasteiger partial charge in [-0.3, -0.25) is 4.79 Å². The summed E-state index contributed by atoms with van der Waals surface area (Å²) in [6.45, 7) is -1.08. The number of aliphatic hydroxyl groups is 7. The third-order valence-electron chi connectivity index (χ3n) is 6.99. The van der Waals surface area contributed by atoms with Crippen LogP contribution >= 0.6 is 0 Å². The van der Waals surface area contributed by atoms with Gasteiger partial charge in [0.05, 0.1) is 29.7 Å². The van der Waals surface area contributed by atoms with Crippen LogP contribution in [0, 0.1) is 0 Å². The Morgan fingerprint density at radius 3 is 2.28 bits per heavy atom. The van der Waals surface area contributed by atoms with Gasteiger partial charge >= 0.3 is 0 Å². The van der Waals surface area contributed by atoms with Crippen molar-refractivity contribution in [2.75, 3.05) is 13.2 Å². The lowest BCUT2D eigenvalue weighted by Gasteiger charge is -2.41. The Bertz CT molecular complexity index is 1370. The van der Waals surface area contributed by atoms with E-state index in [1.807, 2.05) is 0 Å². The summed E-state index contributed by atoms with van der Waals surface area (Å²) in [5.74, 6) is -0.139. The van der Waals surface area contributed by atoms with Crippen molar-refractivity contribution in [2.24, 2.45) is 0 Å². The molecular formula is C26H28O13. The summed E-state index contributed by atoms with van der Waals surface area (Å²) in [5, 5.41) is 81.0. The van der Waals surface area contributed by atoms with E-state index in [0.717, 1.165) is 6.26 Å². The van der Waals surface area contributed by atoms with Gasteiger partial charge in [-0.2, -0.15) is 0 Å². The number of phenols is 1. The lowest BCUT2D eigenvalue weighted by Crippen LogP contribution is -2.56. The molecule has 0 spiro atoms. The molecule has 2 aliphatic rings. The van der Waals surface area contributed by atoms with E-state index in [2.05, 4.69) is 0 Å². The van der Waals surface area contributed by atoms with Crippen LogP contribution in [-0.4, -0.2) is 103 Å². The number of fused-ring (bicyclic) bond motifs is 1. The van der Waals surface area contributed by atoms with Crippen molar-refractivity contribution in [3.63, 3.8) is 0 Å². The second-order valence-electron chi connectivity index (χ2n) is 9.50. The highest BCUT2D eigenvalue weighted by molar-refractivity contribution is 5.86. The first-order valence-corrected chi connectivity index (χ1v) is 12.1. The fraction of sp³-hybridized carbons (Fsp3) is 0.423. The maximum Gasteiger partial charge on any atom is 0.228 e. The highest BCUT2D eigenvalue weighted by Gasteiger charge is 2.47. The molecule has 0 radical (unpaired) electrons. The molecule has 13 nitrogen and oxygen atoms in total. The lowest BCUT2D eigenvalue weighted by atomic mass is 9.89. The average molecular weight is 548 g/mol. The van der Waals surface area contributed by atoms with Crippen LogP contribution in [-0.2, 0) is 9.47 Å². The van der Waals surface area contributed by atoms with Crippen molar-refractivity contribution >= 4 is 11.0 Å². The molecule has 13 heteroatoms. The highest BCUT2D eigenvalue weighted by Crippen LogP contribution is 2.42. The number of rotatable bonds is 5. The Labute approximate surface area is 220 Å². The Balaban J connectivity index is 1.65. The Morgan fingerprint density at radius 2 is 1.59 bits per heavy atom. The van der Waals surface area contributed by atoms with E-state index in [9.17, 15) is 45.6 Å². The zero-order chi connectivity index (χ0) is 28.0. The minimum atomic E-state index is -1.78. The number of phenolic OH excluding ortho intramolecular Hbond substituents is 1. The van der Waals surface area contributed by atoms with Gasteiger partial charge in [0.25, 0.3) is 0 Å². The molecule has 3 aromatic rings. The molecular weight excluding hydrogens is 520 g/mol. The third-order valence-corrected chi connectivity index (χ3v) is 6.99. The zero-order valence-corrected chi connectivity index (χ0v) is 20.3. The summed E-state index contributed by atoms with van der Waals surface area (Å²) in [6.07, 6.45) is -13.0. The summed E-state index contributed by atoms with van der Waals surface area (Å²) >= 11 is 0. The minimum absolute atomic E-state index is 0.000350. The van der Waals surface area contributed by atoms with Gasteiger partial charge in [-0.25, -0.2) is 0 Å². The van der Waals surface area contributed by atoms with Crippen LogP contribution in [0.15, 0.2) is 51.9 Å². The van der Waals surface area contributed by atoms with Gasteiger partial charge in [-0.05, 0) is 29.8 Å². The van der Waals surface area contributed by atoms with Gasteiger partial charge in [0, 0.05) is 0 Å². The monoisotopic (exact) mass is 548 g/mol. The largest absolute Gasteiger partial charge is 0.508 e. The SMILES string of the molecule is O=c1c(-c2ccc(O)cc2)coc2c([C@H]3O[C@H](CO)[C@@H](O)[C@H](O)[C@H]3O)c(O[C@@H]3OC[C@H](O)[C@@H](O)[C@H]3O)ccc12. The molecule has 2 aromatic carbocycles. The van der Waals surface area contributed by atoms with Gasteiger partial charge in [-0.15, -0.1) is 0 Å². The van der Waals surface area contributed by atoms with Gasteiger partial charge in [-0.1, -0.05) is 12.1 Å². The second kappa shape index (κ2) is 10.8. The first kappa shape index (κ1) is 27.5. The molecule has 39 heavy (non-hydrogen) atoms. The summed E-state index contributed by atoms with van der Waals surface area (Å²) in [7, 11) is 0. The first-order chi connectivity index (χ1) is 18.6. The lowest BCUT2D eigenvalue weighted by molar-refractivity contribution is -0.244. The highest BCUT2D eigenvalue weighted by atomic mass is 16.7. The van der Waals surface area contributed by atoms with E-state index in [-0.39, 0.29) is 40.2 Å². The molecule has 210 valence electrons. The Kier molecular flexibility index (Phi) is 7.61. The van der Waals surface area contributed by atoms with E-state index in [1.54, 1.807) is 0 Å². The van der Waals surface area contributed by atoms with Gasteiger partial charge in [0.2, 0.25) is 11.7 Å². The molecule has 8 N–H and O–H groups in total. The fourth-order valence-corrected chi connectivity index (χ4v) is 4.76. The topological polar surface area (TPSA) is 220 Å². The predicted octanol–water partition coefficient (Wildman–Crippen LogP) is -1.50. The number of aliphatic hydroxyl groups excluding tert-OH is 7. The molecule has 9 atom stereocenters. The molecule has 0 aliphatic carbocycles. The van der Waals surface area contributed by atoms with Crippen LogP contribution in [0.5, 0.6) is 11.5 Å². The third kappa shape index (κ3) is 4.89. The van der Waals surface area contributed by atoms with Crippen molar-refractivity contribution in [2.45, 2.75) is 55.1 Å². The summed E-state index contributed by atoms with van der Waals surface area (Å²) in [6, 6.07) is 8.50. The summed E-state index contributed by atoms with van der Waals surface area (Å²) in [4.78, 5) is 13.5. The molecule has 2 fully saturated rings. The van der Waals surface area contributed by atoms with Crippen LogP contribution in [0.25, 0.3) is 22.1 Å². The van der Waals surface area contributed by atoms with Crippen LogP contribution in [0.1, 0.15) is 11.7 Å². The molecule has 5 rings (SSSR count). The zero-order valence-electron chi connectivity index (χ0n) is 20.3. The maximum atomic E-state index is 13.5. The molecule has 3 heterocycles. The van der Waals surface area contributed by atoms with Crippen molar-refractivity contribution < 1.29 is 59.5 Å². The summed E-state index contributed by atoms with van der Waals surface area (Å²) in [5.41, 5.74) is -0.124. The van der Waals surface area contributed by atoms with E-state index in [0.29, 0.717) is 5.56 Å². The maximum absolute atomic E-state index is 13.5. The van der Waals surface area contributed by atoms with Crippen molar-refractivity contribution in [1.82, 2.24) is 0 Å². The van der Waals surface area contributed by atoms with Crippen LogP contribution in [0.2, 0.25) is 0 Å². The van der Waals surface area contributed by atoms with Gasteiger partial charge < -0.3 is 59.5 Å². The molecule has 0 bridgehead atoms. The number of hydrogen-bond acceptors (Lipinski definition) is 13.